The highest BCUT2D eigenvalue weighted by Gasteiger charge is 2.35. The fraction of sp³-hybridized carbons (Fsp3) is 0.182. The summed E-state index contributed by atoms with van der Waals surface area (Å²) in [6.45, 7) is 5.27. The maximum absolute atomic E-state index is 13.9. The summed E-state index contributed by atoms with van der Waals surface area (Å²) in [4.78, 5) is 32.6. The van der Waals surface area contributed by atoms with Gasteiger partial charge in [-0.3, -0.25) is 14.2 Å². The molecule has 45 heavy (non-hydrogen) atoms. The first-order valence-electron chi connectivity index (χ1n) is 13.8. The van der Waals surface area contributed by atoms with Crippen LogP contribution in [0.2, 0.25) is 0 Å². The average molecular weight is 634 g/mol. The number of nitrogens with one attached hydrogen (secondary N) is 1. The summed E-state index contributed by atoms with van der Waals surface area (Å²) < 4.78 is 58.1. The number of nitrogens with zero attached hydrogens (tertiary/aromatic N) is 2. The third-order valence-corrected chi connectivity index (χ3v) is 8.17. The second kappa shape index (κ2) is 11.8. The van der Waals surface area contributed by atoms with Gasteiger partial charge in [-0.1, -0.05) is 35.6 Å². The van der Waals surface area contributed by atoms with E-state index in [1.54, 1.807) is 50.3 Å². The first-order valence-corrected chi connectivity index (χ1v) is 14.6. The van der Waals surface area contributed by atoms with Crippen molar-refractivity contribution in [3.63, 3.8) is 0 Å². The summed E-state index contributed by atoms with van der Waals surface area (Å²) in [5.74, 6) is 1.35. The second-order valence-corrected chi connectivity index (χ2v) is 11.4. The minimum absolute atomic E-state index is 0.0434. The first kappa shape index (κ1) is 29.9. The monoisotopic (exact) mass is 633 g/mol. The fourth-order valence-electron chi connectivity index (χ4n) is 4.98. The van der Waals surface area contributed by atoms with Gasteiger partial charge in [-0.2, -0.15) is 13.2 Å². The number of amides is 1. The van der Waals surface area contributed by atoms with E-state index in [2.05, 4.69) is 10.3 Å². The van der Waals surface area contributed by atoms with Crippen LogP contribution in [0.3, 0.4) is 0 Å². The SMILES string of the molecule is CC1=C(C(=O)Nc2ccccc2C)C(c2ccc(C)o2)n2c(sc(=Cc3ccc(COc4cccc(C(F)(F)F)c4)o3)c2=O)=N1. The molecule has 2 aromatic carbocycles. The highest BCUT2D eigenvalue weighted by Crippen LogP contribution is 2.33. The van der Waals surface area contributed by atoms with Gasteiger partial charge in [-0.15, -0.1) is 0 Å². The number of para-hydroxylation sites is 1. The number of allylic oxidation sites excluding steroid dienone is 1. The summed E-state index contributed by atoms with van der Waals surface area (Å²) in [5, 5.41) is 2.95. The van der Waals surface area contributed by atoms with Gasteiger partial charge in [0.2, 0.25) is 0 Å². The predicted octanol–water partition coefficient (Wildman–Crippen LogP) is 6.27. The lowest BCUT2D eigenvalue weighted by atomic mass is 10.00. The number of hydrogen-bond acceptors (Lipinski definition) is 7. The minimum Gasteiger partial charge on any atom is -0.486 e. The molecule has 0 fully saturated rings. The Bertz CT molecular complexity index is 2130. The van der Waals surface area contributed by atoms with E-state index in [0.29, 0.717) is 43.8 Å². The van der Waals surface area contributed by atoms with Crippen molar-refractivity contribution in [2.24, 2.45) is 4.99 Å². The molecule has 1 amide bonds. The zero-order valence-corrected chi connectivity index (χ0v) is 25.1. The first-order chi connectivity index (χ1) is 21.5. The van der Waals surface area contributed by atoms with Crippen molar-refractivity contribution >= 4 is 29.0 Å². The standard InChI is InChI=1S/C33H26F3N3O5S/c1-18-7-4-5-10-25(18)38-30(40)28-20(3)37-32-39(29(28)26-14-11-19(2)43-26)31(41)27(45-32)16-23-12-13-24(44-23)17-42-22-9-6-8-21(15-22)33(34,35)36/h4-16,29H,17H2,1-3H3,(H,38,40). The van der Waals surface area contributed by atoms with Crippen LogP contribution in [0.25, 0.3) is 6.08 Å². The molecule has 4 heterocycles. The Kier molecular flexibility index (Phi) is 7.83. The van der Waals surface area contributed by atoms with Gasteiger partial charge in [0.05, 0.1) is 21.4 Å². The van der Waals surface area contributed by atoms with Crippen molar-refractivity contribution in [1.29, 1.82) is 0 Å². The van der Waals surface area contributed by atoms with Crippen LogP contribution in [0.15, 0.2) is 103 Å². The van der Waals surface area contributed by atoms with Gasteiger partial charge < -0.3 is 18.9 Å². The Hall–Kier alpha value is -5.10. The number of carbonyl (C=O) groups excluding carboxylic acids is 1. The lowest BCUT2D eigenvalue weighted by molar-refractivity contribution is -0.137. The molecule has 5 aromatic rings. The Morgan fingerprint density at radius 1 is 1.04 bits per heavy atom. The van der Waals surface area contributed by atoms with E-state index in [4.69, 9.17) is 13.6 Å². The lowest BCUT2D eigenvalue weighted by Crippen LogP contribution is -2.40. The van der Waals surface area contributed by atoms with Crippen LogP contribution in [-0.4, -0.2) is 10.5 Å². The van der Waals surface area contributed by atoms with E-state index < -0.39 is 29.2 Å². The molecule has 1 aliphatic heterocycles. The number of halogens is 3. The number of anilines is 1. The number of thiazole rings is 1. The summed E-state index contributed by atoms with van der Waals surface area (Å²) in [5.41, 5.74) is 1.03. The van der Waals surface area contributed by atoms with Crippen molar-refractivity contribution < 1.29 is 31.5 Å². The molecule has 0 spiro atoms. The van der Waals surface area contributed by atoms with Crippen LogP contribution in [0.4, 0.5) is 18.9 Å². The molecule has 1 N–H and O–H groups in total. The normalized spacial score (nSPS) is 15.2. The summed E-state index contributed by atoms with van der Waals surface area (Å²) >= 11 is 1.13. The zero-order valence-electron chi connectivity index (χ0n) is 24.3. The number of alkyl halides is 3. The quantitative estimate of drug-likeness (QED) is 0.228. The maximum atomic E-state index is 13.9. The Morgan fingerprint density at radius 3 is 2.58 bits per heavy atom. The third-order valence-electron chi connectivity index (χ3n) is 7.19. The topological polar surface area (TPSA) is 99.0 Å². The van der Waals surface area contributed by atoms with Crippen molar-refractivity contribution in [3.8, 4) is 5.75 Å². The number of aromatic nitrogens is 1. The molecule has 3 aromatic heterocycles. The maximum Gasteiger partial charge on any atom is 0.416 e. The molecular formula is C33H26F3N3O5S. The lowest BCUT2D eigenvalue weighted by Gasteiger charge is -2.23. The van der Waals surface area contributed by atoms with Crippen LogP contribution in [0.5, 0.6) is 5.75 Å². The molecule has 0 radical (unpaired) electrons. The third kappa shape index (κ3) is 6.14. The van der Waals surface area contributed by atoms with Gasteiger partial charge in [0.15, 0.2) is 4.80 Å². The number of rotatable bonds is 7. The molecule has 1 aliphatic rings. The van der Waals surface area contributed by atoms with Crippen LogP contribution in [0, 0.1) is 13.8 Å². The fourth-order valence-corrected chi connectivity index (χ4v) is 6.01. The molecule has 8 nitrogen and oxygen atoms in total. The number of fused-ring (bicyclic) bond motifs is 1. The molecule has 0 bridgehead atoms. The zero-order chi connectivity index (χ0) is 31.9. The van der Waals surface area contributed by atoms with Crippen LogP contribution >= 0.6 is 11.3 Å². The largest absolute Gasteiger partial charge is 0.486 e. The van der Waals surface area contributed by atoms with Gasteiger partial charge >= 0.3 is 6.18 Å². The van der Waals surface area contributed by atoms with Crippen molar-refractivity contribution in [2.75, 3.05) is 5.32 Å². The molecule has 1 atom stereocenters. The van der Waals surface area contributed by atoms with E-state index in [1.165, 1.54) is 16.7 Å². The molecule has 12 heteroatoms. The number of furan rings is 2. The number of benzene rings is 2. The van der Waals surface area contributed by atoms with Gasteiger partial charge in [0, 0.05) is 11.8 Å². The molecular weight excluding hydrogens is 607 g/mol. The second-order valence-electron chi connectivity index (χ2n) is 10.4. The van der Waals surface area contributed by atoms with Crippen LogP contribution < -0.4 is 24.9 Å². The minimum atomic E-state index is -4.49. The molecule has 6 rings (SSSR count). The molecule has 0 saturated carbocycles. The molecule has 0 saturated heterocycles. The van der Waals surface area contributed by atoms with Gasteiger partial charge in [-0.05, 0) is 74.9 Å². The van der Waals surface area contributed by atoms with Crippen LogP contribution in [0.1, 0.15) is 47.1 Å². The highest BCUT2D eigenvalue weighted by molar-refractivity contribution is 7.07. The Balaban J connectivity index is 1.31. The number of carbonyl (C=O) groups is 1. The van der Waals surface area contributed by atoms with Crippen molar-refractivity contribution in [2.45, 2.75) is 39.6 Å². The van der Waals surface area contributed by atoms with E-state index in [0.717, 1.165) is 29.0 Å². The Labute approximate surface area is 258 Å². The van der Waals surface area contributed by atoms with Crippen molar-refractivity contribution in [1.82, 2.24) is 4.57 Å². The van der Waals surface area contributed by atoms with Crippen LogP contribution in [-0.2, 0) is 17.6 Å². The summed E-state index contributed by atoms with van der Waals surface area (Å²) in [7, 11) is 0. The Morgan fingerprint density at radius 2 is 1.84 bits per heavy atom. The smallest absolute Gasteiger partial charge is 0.416 e. The summed E-state index contributed by atoms with van der Waals surface area (Å²) in [6.07, 6.45) is -2.94. The molecule has 1 unspecified atom stereocenters. The highest BCUT2D eigenvalue weighted by atomic mass is 32.1. The van der Waals surface area contributed by atoms with E-state index in [9.17, 15) is 22.8 Å². The predicted molar refractivity (Wildman–Crippen MR) is 162 cm³/mol. The van der Waals surface area contributed by atoms with E-state index >= 15 is 0 Å². The van der Waals surface area contributed by atoms with Gasteiger partial charge in [-0.25, -0.2) is 4.99 Å². The van der Waals surface area contributed by atoms with E-state index in [1.807, 2.05) is 25.1 Å². The van der Waals surface area contributed by atoms with Crippen molar-refractivity contribution in [3.05, 3.63) is 138 Å². The molecule has 0 aliphatic carbocycles. The number of ether oxygens (including phenoxy) is 1. The van der Waals surface area contributed by atoms with Gasteiger partial charge in [0.1, 0.15) is 41.4 Å². The van der Waals surface area contributed by atoms with Gasteiger partial charge in [0.25, 0.3) is 11.5 Å². The number of aryl methyl sites for hydroxylation is 2. The summed E-state index contributed by atoms with van der Waals surface area (Å²) in [6, 6.07) is 17.8. The molecule has 230 valence electrons. The number of hydrogen-bond donors (Lipinski definition) is 1. The average Bonchev–Trinajstić information content (AvgIpc) is 3.71. The van der Waals surface area contributed by atoms with E-state index in [-0.39, 0.29) is 17.9 Å².